The number of benzene rings is 2. The van der Waals surface area contributed by atoms with Crippen molar-refractivity contribution in [1.82, 2.24) is 4.57 Å². The molecule has 24 heavy (non-hydrogen) atoms. The molecule has 0 amide bonds. The molecule has 2 aromatic carbocycles. The van der Waals surface area contributed by atoms with Gasteiger partial charge in [-0.05, 0) is 48.2 Å². The molecule has 0 spiro atoms. The molecule has 4 rings (SSSR count). The Bertz CT molecular complexity index is 929. The Kier molecular flexibility index (Phi) is 3.85. The summed E-state index contributed by atoms with van der Waals surface area (Å²) in [6.07, 6.45) is 4.32. The molecule has 1 aliphatic heterocycles. The molecule has 0 radical (unpaired) electrons. The number of hydrogen-bond acceptors (Lipinski definition) is 2. The first-order valence-corrected chi connectivity index (χ1v) is 9.14. The van der Waals surface area contributed by atoms with Gasteiger partial charge in [-0.2, -0.15) is 0 Å². The third-order valence-electron chi connectivity index (χ3n) is 4.65. The quantitative estimate of drug-likeness (QED) is 0.751. The summed E-state index contributed by atoms with van der Waals surface area (Å²) in [6.45, 7) is 2.24. The monoisotopic (exact) mass is 337 g/mol. The summed E-state index contributed by atoms with van der Waals surface area (Å²) in [5, 5.41) is 10.9. The van der Waals surface area contributed by atoms with Crippen molar-refractivity contribution in [3.8, 4) is 5.69 Å². The van der Waals surface area contributed by atoms with Gasteiger partial charge in [-0.1, -0.05) is 25.1 Å². The number of aliphatic carboxylic acids is 1. The minimum atomic E-state index is -0.797. The van der Waals surface area contributed by atoms with Crippen LogP contribution >= 0.6 is 11.8 Å². The molecule has 4 heteroatoms. The average Bonchev–Trinajstić information content (AvgIpc) is 3.15. The lowest BCUT2D eigenvalue weighted by molar-refractivity contribution is -0.136. The number of para-hydroxylation sites is 1. The third-order valence-corrected chi connectivity index (χ3v) is 6.14. The molecule has 1 N–H and O–H groups in total. The van der Waals surface area contributed by atoms with Crippen LogP contribution in [0.2, 0.25) is 0 Å². The molecule has 3 aromatic rings. The second-order valence-electron chi connectivity index (χ2n) is 6.26. The molecule has 1 aromatic heterocycles. The lowest BCUT2D eigenvalue weighted by Gasteiger charge is -2.07. The van der Waals surface area contributed by atoms with Gasteiger partial charge in [0.1, 0.15) is 0 Å². The SMILES string of the molecule is CCC1Cc2cc(-n3cc(CC(=O)O)c4ccccc43)ccc2S1. The van der Waals surface area contributed by atoms with E-state index in [9.17, 15) is 9.90 Å². The maximum absolute atomic E-state index is 11.2. The molecule has 1 atom stereocenters. The lowest BCUT2D eigenvalue weighted by Crippen LogP contribution is -1.99. The van der Waals surface area contributed by atoms with Crippen molar-refractivity contribution in [2.45, 2.75) is 36.3 Å². The highest BCUT2D eigenvalue weighted by atomic mass is 32.2. The molecule has 2 heterocycles. The normalized spacial score (nSPS) is 16.5. The maximum atomic E-state index is 11.2. The molecule has 0 saturated heterocycles. The predicted octanol–water partition coefficient (Wildman–Crippen LogP) is 4.68. The van der Waals surface area contributed by atoms with Crippen LogP contribution in [-0.4, -0.2) is 20.9 Å². The van der Waals surface area contributed by atoms with Crippen LogP contribution < -0.4 is 0 Å². The number of carbonyl (C=O) groups is 1. The lowest BCUT2D eigenvalue weighted by atomic mass is 10.1. The van der Waals surface area contributed by atoms with E-state index in [2.05, 4.69) is 35.8 Å². The number of aromatic nitrogens is 1. The first-order chi connectivity index (χ1) is 11.7. The standard InChI is InChI=1S/C20H19NO2S/c1-2-16-10-13-9-15(7-8-19(13)24-16)21-12-14(11-20(22)23)17-5-3-4-6-18(17)21/h3-9,12,16H,2,10-11H2,1H3,(H,22,23). The second-order valence-corrected chi connectivity index (χ2v) is 7.60. The summed E-state index contributed by atoms with van der Waals surface area (Å²) in [5.74, 6) is -0.797. The van der Waals surface area contributed by atoms with Gasteiger partial charge < -0.3 is 9.67 Å². The summed E-state index contributed by atoms with van der Waals surface area (Å²) in [6, 6.07) is 14.6. The topological polar surface area (TPSA) is 42.2 Å². The summed E-state index contributed by atoms with van der Waals surface area (Å²) in [7, 11) is 0. The van der Waals surface area contributed by atoms with Gasteiger partial charge in [0.15, 0.2) is 0 Å². The number of nitrogens with zero attached hydrogens (tertiary/aromatic N) is 1. The summed E-state index contributed by atoms with van der Waals surface area (Å²) in [5.41, 5.74) is 4.44. The Morgan fingerprint density at radius 2 is 2.12 bits per heavy atom. The Morgan fingerprint density at radius 1 is 1.29 bits per heavy atom. The molecular formula is C20H19NO2S. The Balaban J connectivity index is 1.82. The van der Waals surface area contributed by atoms with E-state index in [1.165, 1.54) is 16.9 Å². The van der Waals surface area contributed by atoms with Gasteiger partial charge in [0, 0.05) is 27.4 Å². The van der Waals surface area contributed by atoms with Gasteiger partial charge in [0.2, 0.25) is 0 Å². The molecule has 0 saturated carbocycles. The van der Waals surface area contributed by atoms with Crippen molar-refractivity contribution < 1.29 is 9.90 Å². The van der Waals surface area contributed by atoms with E-state index in [0.717, 1.165) is 28.6 Å². The fourth-order valence-corrected chi connectivity index (χ4v) is 4.68. The summed E-state index contributed by atoms with van der Waals surface area (Å²) in [4.78, 5) is 12.6. The Labute approximate surface area is 145 Å². The Hall–Kier alpha value is -2.20. The molecular weight excluding hydrogens is 318 g/mol. The third kappa shape index (κ3) is 2.61. The number of carboxylic acid groups (broad SMARTS) is 1. The van der Waals surface area contributed by atoms with Crippen LogP contribution in [0, 0.1) is 0 Å². The van der Waals surface area contributed by atoms with E-state index < -0.39 is 5.97 Å². The number of rotatable bonds is 4. The fourth-order valence-electron chi connectivity index (χ4n) is 3.45. The van der Waals surface area contributed by atoms with E-state index in [4.69, 9.17) is 0 Å². The maximum Gasteiger partial charge on any atom is 0.307 e. The zero-order chi connectivity index (χ0) is 16.7. The molecule has 0 bridgehead atoms. The van der Waals surface area contributed by atoms with Crippen molar-refractivity contribution in [2.75, 3.05) is 0 Å². The molecule has 3 nitrogen and oxygen atoms in total. The Morgan fingerprint density at radius 3 is 2.92 bits per heavy atom. The van der Waals surface area contributed by atoms with Gasteiger partial charge in [-0.3, -0.25) is 4.79 Å². The summed E-state index contributed by atoms with van der Waals surface area (Å²) >= 11 is 1.97. The number of hydrogen-bond donors (Lipinski definition) is 1. The van der Waals surface area contributed by atoms with E-state index in [1.54, 1.807) is 0 Å². The zero-order valence-corrected chi connectivity index (χ0v) is 14.3. The molecule has 0 aliphatic carbocycles. The average molecular weight is 337 g/mol. The predicted molar refractivity (Wildman–Crippen MR) is 98.3 cm³/mol. The van der Waals surface area contributed by atoms with Crippen molar-refractivity contribution >= 4 is 28.6 Å². The van der Waals surface area contributed by atoms with Crippen LogP contribution in [0.1, 0.15) is 24.5 Å². The van der Waals surface area contributed by atoms with Crippen LogP contribution in [0.5, 0.6) is 0 Å². The second kappa shape index (κ2) is 6.02. The first-order valence-electron chi connectivity index (χ1n) is 8.26. The first kappa shape index (κ1) is 15.3. The number of thioether (sulfide) groups is 1. The van der Waals surface area contributed by atoms with Crippen LogP contribution in [-0.2, 0) is 17.6 Å². The van der Waals surface area contributed by atoms with Crippen molar-refractivity contribution in [2.24, 2.45) is 0 Å². The van der Waals surface area contributed by atoms with Gasteiger partial charge in [0.25, 0.3) is 0 Å². The molecule has 1 unspecified atom stereocenters. The highest BCUT2D eigenvalue weighted by molar-refractivity contribution is 8.00. The zero-order valence-electron chi connectivity index (χ0n) is 13.5. The minimum Gasteiger partial charge on any atom is -0.481 e. The van der Waals surface area contributed by atoms with Crippen LogP contribution in [0.3, 0.4) is 0 Å². The number of carboxylic acids is 1. The van der Waals surface area contributed by atoms with Crippen molar-refractivity contribution in [1.29, 1.82) is 0 Å². The van der Waals surface area contributed by atoms with Gasteiger partial charge in [-0.25, -0.2) is 0 Å². The molecule has 122 valence electrons. The van der Waals surface area contributed by atoms with Gasteiger partial charge >= 0.3 is 5.97 Å². The van der Waals surface area contributed by atoms with Crippen LogP contribution in [0.4, 0.5) is 0 Å². The number of fused-ring (bicyclic) bond motifs is 2. The molecule has 0 fully saturated rings. The van der Waals surface area contributed by atoms with Crippen LogP contribution in [0.15, 0.2) is 53.6 Å². The highest BCUT2D eigenvalue weighted by Crippen LogP contribution is 2.39. The molecule has 1 aliphatic rings. The summed E-state index contributed by atoms with van der Waals surface area (Å²) < 4.78 is 2.12. The van der Waals surface area contributed by atoms with E-state index in [1.807, 2.05) is 36.2 Å². The highest BCUT2D eigenvalue weighted by Gasteiger charge is 2.21. The minimum absolute atomic E-state index is 0.0478. The smallest absolute Gasteiger partial charge is 0.307 e. The van der Waals surface area contributed by atoms with E-state index in [0.29, 0.717) is 5.25 Å². The van der Waals surface area contributed by atoms with E-state index >= 15 is 0 Å². The fraction of sp³-hybridized carbons (Fsp3) is 0.250. The van der Waals surface area contributed by atoms with Gasteiger partial charge in [0.05, 0.1) is 11.9 Å². The van der Waals surface area contributed by atoms with Crippen LogP contribution in [0.25, 0.3) is 16.6 Å². The van der Waals surface area contributed by atoms with Crippen molar-refractivity contribution in [3.63, 3.8) is 0 Å². The largest absolute Gasteiger partial charge is 0.481 e. The van der Waals surface area contributed by atoms with Gasteiger partial charge in [-0.15, -0.1) is 11.8 Å². The van der Waals surface area contributed by atoms with E-state index in [-0.39, 0.29) is 6.42 Å². The van der Waals surface area contributed by atoms with Crippen molar-refractivity contribution in [3.05, 3.63) is 59.8 Å².